The van der Waals surface area contributed by atoms with Crippen LogP contribution < -0.4 is 10.5 Å². The van der Waals surface area contributed by atoms with Crippen LogP contribution in [0.5, 0.6) is 0 Å². The van der Waals surface area contributed by atoms with Gasteiger partial charge in [0.1, 0.15) is 0 Å². The summed E-state index contributed by atoms with van der Waals surface area (Å²) in [5.74, 6) is -0.444. The standard InChI is InChI=1S/C18H20N2O4S/c1-2-16(20-18(22)14-6-4-3-5-7-14)17(21)12-13-8-10-15(11-9-13)25(19,23)24/h3-11,16H,2,12H2,1H3,(H,20,22)(H2,19,23,24)/t16-/m0/s1. The smallest absolute Gasteiger partial charge is 0.251 e. The van der Waals surface area contributed by atoms with Crippen molar-refractivity contribution in [3.8, 4) is 0 Å². The van der Waals surface area contributed by atoms with Crippen LogP contribution in [0.15, 0.2) is 59.5 Å². The molecule has 0 aliphatic rings. The van der Waals surface area contributed by atoms with E-state index in [0.717, 1.165) is 0 Å². The summed E-state index contributed by atoms with van der Waals surface area (Å²) in [6.07, 6.45) is 0.561. The van der Waals surface area contributed by atoms with Crippen LogP contribution in [-0.2, 0) is 21.2 Å². The first kappa shape index (κ1) is 18.8. The monoisotopic (exact) mass is 360 g/mol. The summed E-state index contributed by atoms with van der Waals surface area (Å²) in [5, 5.41) is 7.78. The number of rotatable bonds is 7. The molecule has 1 atom stereocenters. The molecule has 6 nitrogen and oxygen atoms in total. The zero-order valence-corrected chi connectivity index (χ0v) is 14.6. The van der Waals surface area contributed by atoms with Gasteiger partial charge in [0.05, 0.1) is 10.9 Å². The average Bonchev–Trinajstić information content (AvgIpc) is 2.59. The summed E-state index contributed by atoms with van der Waals surface area (Å²) in [4.78, 5) is 24.6. The molecule has 0 bridgehead atoms. The van der Waals surface area contributed by atoms with Gasteiger partial charge in [-0.2, -0.15) is 0 Å². The number of benzene rings is 2. The van der Waals surface area contributed by atoms with E-state index in [0.29, 0.717) is 17.5 Å². The van der Waals surface area contributed by atoms with Crippen LogP contribution in [-0.4, -0.2) is 26.2 Å². The minimum Gasteiger partial charge on any atom is -0.342 e. The van der Waals surface area contributed by atoms with Crippen molar-refractivity contribution >= 4 is 21.7 Å². The molecule has 0 aliphatic carbocycles. The lowest BCUT2D eigenvalue weighted by Crippen LogP contribution is -2.41. The Bertz CT molecular complexity index is 846. The van der Waals surface area contributed by atoms with Crippen molar-refractivity contribution in [2.45, 2.75) is 30.7 Å². The fourth-order valence-electron chi connectivity index (χ4n) is 2.36. The molecule has 0 aliphatic heterocycles. The highest BCUT2D eigenvalue weighted by molar-refractivity contribution is 7.89. The van der Waals surface area contributed by atoms with Gasteiger partial charge >= 0.3 is 0 Å². The van der Waals surface area contributed by atoms with Crippen LogP contribution in [0, 0.1) is 0 Å². The van der Waals surface area contributed by atoms with Gasteiger partial charge in [0.2, 0.25) is 10.0 Å². The van der Waals surface area contributed by atoms with Crippen LogP contribution in [0.2, 0.25) is 0 Å². The SMILES string of the molecule is CC[C@H](NC(=O)c1ccccc1)C(=O)Cc1ccc(S(N)(=O)=O)cc1. The second kappa shape index (κ2) is 8.04. The average molecular weight is 360 g/mol. The Labute approximate surface area is 147 Å². The number of nitrogens with two attached hydrogens (primary N) is 1. The molecule has 0 fully saturated rings. The van der Waals surface area contributed by atoms with Gasteiger partial charge in [0, 0.05) is 12.0 Å². The Morgan fingerprint density at radius 2 is 1.64 bits per heavy atom. The number of hydrogen-bond acceptors (Lipinski definition) is 4. The molecule has 7 heteroatoms. The summed E-state index contributed by atoms with van der Waals surface area (Å²) in [6, 6.07) is 13.9. The second-order valence-corrected chi connectivity index (χ2v) is 7.19. The third kappa shape index (κ3) is 5.23. The largest absolute Gasteiger partial charge is 0.342 e. The maximum Gasteiger partial charge on any atom is 0.251 e. The molecule has 0 aromatic heterocycles. The number of amides is 1. The van der Waals surface area contributed by atoms with Gasteiger partial charge in [-0.1, -0.05) is 37.3 Å². The van der Waals surface area contributed by atoms with E-state index in [2.05, 4.69) is 5.32 Å². The summed E-state index contributed by atoms with van der Waals surface area (Å²) in [5.41, 5.74) is 1.15. The zero-order chi connectivity index (χ0) is 18.4. The van der Waals surface area contributed by atoms with Crippen LogP contribution in [0.3, 0.4) is 0 Å². The first-order chi connectivity index (χ1) is 11.8. The Morgan fingerprint density at radius 3 is 2.16 bits per heavy atom. The highest BCUT2D eigenvalue weighted by Crippen LogP contribution is 2.11. The van der Waals surface area contributed by atoms with Crippen molar-refractivity contribution in [2.24, 2.45) is 5.14 Å². The molecule has 0 saturated heterocycles. The van der Waals surface area contributed by atoms with Gasteiger partial charge in [0.15, 0.2) is 5.78 Å². The van der Waals surface area contributed by atoms with E-state index in [9.17, 15) is 18.0 Å². The van der Waals surface area contributed by atoms with Crippen molar-refractivity contribution in [1.29, 1.82) is 0 Å². The molecular weight excluding hydrogens is 340 g/mol. The van der Waals surface area contributed by atoms with Gasteiger partial charge < -0.3 is 5.32 Å². The van der Waals surface area contributed by atoms with E-state index in [1.807, 2.05) is 13.0 Å². The number of Topliss-reactive ketones (excluding diaryl/α,β-unsaturated/α-hetero) is 1. The predicted molar refractivity (Wildman–Crippen MR) is 94.5 cm³/mol. The lowest BCUT2D eigenvalue weighted by atomic mass is 10.0. The van der Waals surface area contributed by atoms with Crippen molar-refractivity contribution < 1.29 is 18.0 Å². The number of nitrogens with one attached hydrogen (secondary N) is 1. The molecule has 2 aromatic carbocycles. The number of hydrogen-bond donors (Lipinski definition) is 2. The Balaban J connectivity index is 2.03. The van der Waals surface area contributed by atoms with Crippen molar-refractivity contribution in [1.82, 2.24) is 5.32 Å². The number of carbonyl (C=O) groups is 2. The third-order valence-corrected chi connectivity index (χ3v) is 4.70. The molecule has 0 unspecified atom stereocenters. The summed E-state index contributed by atoms with van der Waals surface area (Å²) in [7, 11) is -3.76. The molecule has 132 valence electrons. The number of carbonyl (C=O) groups excluding carboxylic acids is 2. The van der Waals surface area contributed by atoms with Crippen molar-refractivity contribution in [2.75, 3.05) is 0 Å². The van der Waals surface area contributed by atoms with E-state index in [4.69, 9.17) is 5.14 Å². The highest BCUT2D eigenvalue weighted by atomic mass is 32.2. The quantitative estimate of drug-likeness (QED) is 0.783. The minimum absolute atomic E-state index is 0.00637. The fourth-order valence-corrected chi connectivity index (χ4v) is 2.88. The first-order valence-corrected chi connectivity index (χ1v) is 9.36. The fraction of sp³-hybridized carbons (Fsp3) is 0.222. The molecule has 25 heavy (non-hydrogen) atoms. The van der Waals surface area contributed by atoms with Gasteiger partial charge in [-0.15, -0.1) is 0 Å². The Hall–Kier alpha value is -2.51. The summed E-state index contributed by atoms with van der Waals surface area (Å²) < 4.78 is 22.5. The van der Waals surface area contributed by atoms with E-state index < -0.39 is 16.1 Å². The predicted octanol–water partition coefficient (Wildman–Crippen LogP) is 1.65. The van der Waals surface area contributed by atoms with Crippen LogP contribution in [0.25, 0.3) is 0 Å². The van der Waals surface area contributed by atoms with E-state index >= 15 is 0 Å². The van der Waals surface area contributed by atoms with Crippen LogP contribution >= 0.6 is 0 Å². The highest BCUT2D eigenvalue weighted by Gasteiger charge is 2.20. The van der Waals surface area contributed by atoms with Gasteiger partial charge in [-0.3, -0.25) is 9.59 Å². The molecule has 0 radical (unpaired) electrons. The summed E-state index contributed by atoms with van der Waals surface area (Å²) in [6.45, 7) is 1.82. The number of primary sulfonamides is 1. The third-order valence-electron chi connectivity index (χ3n) is 3.77. The van der Waals surface area contributed by atoms with Gasteiger partial charge in [0.25, 0.3) is 5.91 Å². The lowest BCUT2D eigenvalue weighted by molar-refractivity contribution is -0.120. The maximum atomic E-state index is 12.4. The zero-order valence-electron chi connectivity index (χ0n) is 13.8. The Morgan fingerprint density at radius 1 is 1.04 bits per heavy atom. The molecule has 0 heterocycles. The Kier molecular flexibility index (Phi) is 6.06. The molecule has 2 rings (SSSR count). The van der Waals surface area contributed by atoms with Crippen molar-refractivity contribution in [3.05, 3.63) is 65.7 Å². The topological polar surface area (TPSA) is 106 Å². The van der Waals surface area contributed by atoms with Crippen molar-refractivity contribution in [3.63, 3.8) is 0 Å². The molecule has 0 saturated carbocycles. The molecule has 3 N–H and O–H groups in total. The minimum atomic E-state index is -3.76. The molecule has 0 spiro atoms. The molecule has 2 aromatic rings. The van der Waals surface area contributed by atoms with E-state index in [1.165, 1.54) is 12.1 Å². The van der Waals surface area contributed by atoms with E-state index in [-0.39, 0.29) is 23.0 Å². The molecular formula is C18H20N2O4S. The second-order valence-electron chi connectivity index (χ2n) is 5.63. The number of sulfonamides is 1. The first-order valence-electron chi connectivity index (χ1n) is 7.81. The lowest BCUT2D eigenvalue weighted by Gasteiger charge is -2.16. The van der Waals surface area contributed by atoms with Gasteiger partial charge in [-0.25, -0.2) is 13.6 Å². The van der Waals surface area contributed by atoms with Crippen LogP contribution in [0.4, 0.5) is 0 Å². The normalized spacial score (nSPS) is 12.4. The van der Waals surface area contributed by atoms with Crippen LogP contribution in [0.1, 0.15) is 29.3 Å². The van der Waals surface area contributed by atoms with E-state index in [1.54, 1.807) is 36.4 Å². The molecule has 1 amide bonds. The van der Waals surface area contributed by atoms with Gasteiger partial charge in [-0.05, 0) is 36.2 Å². The number of ketones is 1. The summed E-state index contributed by atoms with van der Waals surface area (Å²) >= 11 is 0. The maximum absolute atomic E-state index is 12.4.